The number of amides is 2. The molecule has 3 aromatic rings. The van der Waals surface area contributed by atoms with Gasteiger partial charge >= 0.3 is 6.03 Å². The molecule has 0 saturated heterocycles. The van der Waals surface area contributed by atoms with Gasteiger partial charge in [-0.2, -0.15) is 0 Å². The highest BCUT2D eigenvalue weighted by molar-refractivity contribution is 5.75. The molecule has 8 heteroatoms. The quantitative estimate of drug-likeness (QED) is 0.309. The smallest absolute Gasteiger partial charge is 0.318 e. The van der Waals surface area contributed by atoms with Crippen LogP contribution < -0.4 is 24.3 Å². The minimum absolute atomic E-state index is 0.215. The average Bonchev–Trinajstić information content (AvgIpc) is 2.92. The molecule has 3 rings (SSSR count). The molecule has 0 spiro atoms. The molecule has 0 aromatic heterocycles. The van der Waals surface area contributed by atoms with Crippen LogP contribution in [0, 0.1) is 5.82 Å². The summed E-state index contributed by atoms with van der Waals surface area (Å²) in [5.41, 5.74) is 1.94. The number of hydrogen-bond acceptors (Lipinski definition) is 5. The lowest BCUT2D eigenvalue weighted by Gasteiger charge is -2.28. The lowest BCUT2D eigenvalue weighted by molar-refractivity contribution is 0.186. The second-order valence-corrected chi connectivity index (χ2v) is 8.26. The maximum atomic E-state index is 14.6. The van der Waals surface area contributed by atoms with Crippen LogP contribution in [0.3, 0.4) is 0 Å². The Hall–Kier alpha value is -4.20. The van der Waals surface area contributed by atoms with Crippen molar-refractivity contribution in [3.05, 3.63) is 95.8 Å². The van der Waals surface area contributed by atoms with Crippen molar-refractivity contribution in [2.45, 2.75) is 25.6 Å². The Kier molecular flexibility index (Phi) is 9.77. The predicted octanol–water partition coefficient (Wildman–Crippen LogP) is 5.89. The second kappa shape index (κ2) is 13.2. The highest BCUT2D eigenvalue weighted by Gasteiger charge is 2.23. The molecule has 3 aromatic carbocycles. The van der Waals surface area contributed by atoms with E-state index >= 15 is 0 Å². The number of rotatable bonds is 12. The molecule has 37 heavy (non-hydrogen) atoms. The maximum absolute atomic E-state index is 14.6. The standard InChI is InChI=1S/C29H33FN2O5/c1-6-9-26(24-10-7-8-11-25(24)30)31-29(33)32(18-20-12-14-22(34-2)16-27(20)36-4)19-21-13-15-23(35-3)17-28(21)37-5/h6-8,10-17,26H,1,9,18-19H2,2-5H3,(H,31,33). The van der Waals surface area contributed by atoms with E-state index in [1.54, 1.807) is 69.7 Å². The molecule has 1 atom stereocenters. The van der Waals surface area contributed by atoms with E-state index in [-0.39, 0.29) is 19.1 Å². The van der Waals surface area contributed by atoms with Gasteiger partial charge < -0.3 is 29.2 Å². The topological polar surface area (TPSA) is 69.3 Å². The van der Waals surface area contributed by atoms with Gasteiger partial charge in [-0.1, -0.05) is 24.3 Å². The number of nitrogens with one attached hydrogen (secondary N) is 1. The summed E-state index contributed by atoms with van der Waals surface area (Å²) < 4.78 is 36.3. The van der Waals surface area contributed by atoms with Crippen LogP contribution in [0.5, 0.6) is 23.0 Å². The minimum atomic E-state index is -0.593. The number of nitrogens with zero attached hydrogens (tertiary/aromatic N) is 1. The number of urea groups is 1. The van der Waals surface area contributed by atoms with E-state index in [0.29, 0.717) is 35.0 Å². The Morgan fingerprint density at radius 2 is 1.43 bits per heavy atom. The molecule has 0 heterocycles. The van der Waals surface area contributed by atoms with E-state index in [0.717, 1.165) is 11.1 Å². The van der Waals surface area contributed by atoms with Crippen molar-refractivity contribution in [1.82, 2.24) is 10.2 Å². The minimum Gasteiger partial charge on any atom is -0.497 e. The van der Waals surface area contributed by atoms with Gasteiger partial charge in [0.05, 0.1) is 47.6 Å². The number of benzene rings is 3. The Morgan fingerprint density at radius 3 is 1.89 bits per heavy atom. The molecule has 0 aliphatic heterocycles. The van der Waals surface area contributed by atoms with Crippen molar-refractivity contribution in [2.24, 2.45) is 0 Å². The molecule has 7 nitrogen and oxygen atoms in total. The molecule has 0 radical (unpaired) electrons. The third-order valence-electron chi connectivity index (χ3n) is 5.98. The first-order valence-electron chi connectivity index (χ1n) is 11.8. The number of methoxy groups -OCH3 is 4. The average molecular weight is 509 g/mol. The van der Waals surface area contributed by atoms with Gasteiger partial charge in [0.1, 0.15) is 28.8 Å². The fourth-order valence-electron chi connectivity index (χ4n) is 4.00. The molecule has 0 saturated carbocycles. The van der Waals surface area contributed by atoms with Crippen LogP contribution in [-0.2, 0) is 13.1 Å². The number of halogens is 1. The fraction of sp³-hybridized carbons (Fsp3) is 0.276. The van der Waals surface area contributed by atoms with Crippen LogP contribution in [0.15, 0.2) is 73.3 Å². The highest BCUT2D eigenvalue weighted by atomic mass is 19.1. The largest absolute Gasteiger partial charge is 0.497 e. The number of hydrogen-bond donors (Lipinski definition) is 1. The first-order chi connectivity index (χ1) is 17.9. The maximum Gasteiger partial charge on any atom is 0.318 e. The number of carbonyl (C=O) groups is 1. The predicted molar refractivity (Wildman–Crippen MR) is 141 cm³/mol. The van der Waals surface area contributed by atoms with E-state index in [9.17, 15) is 9.18 Å². The zero-order valence-electron chi connectivity index (χ0n) is 21.6. The van der Waals surface area contributed by atoms with Gasteiger partial charge in [0.2, 0.25) is 0 Å². The molecule has 2 amide bonds. The lowest BCUT2D eigenvalue weighted by atomic mass is 10.0. The van der Waals surface area contributed by atoms with Gasteiger partial charge in [-0.05, 0) is 36.8 Å². The van der Waals surface area contributed by atoms with Crippen molar-refractivity contribution in [2.75, 3.05) is 28.4 Å². The summed E-state index contributed by atoms with van der Waals surface area (Å²) in [4.78, 5) is 15.3. The molecule has 196 valence electrons. The van der Waals surface area contributed by atoms with Crippen molar-refractivity contribution in [3.8, 4) is 23.0 Å². The van der Waals surface area contributed by atoms with Gasteiger partial charge in [0.25, 0.3) is 0 Å². The van der Waals surface area contributed by atoms with E-state index in [2.05, 4.69) is 11.9 Å². The van der Waals surface area contributed by atoms with Crippen LogP contribution in [0.25, 0.3) is 0 Å². The molecular formula is C29H33FN2O5. The molecule has 0 aliphatic carbocycles. The SMILES string of the molecule is C=CCC(NC(=O)N(Cc1ccc(OC)cc1OC)Cc1ccc(OC)cc1OC)c1ccccc1F. The Morgan fingerprint density at radius 1 is 0.892 bits per heavy atom. The summed E-state index contributed by atoms with van der Waals surface area (Å²) in [6.45, 7) is 4.21. The van der Waals surface area contributed by atoms with Crippen molar-refractivity contribution >= 4 is 6.03 Å². The third kappa shape index (κ3) is 6.94. The van der Waals surface area contributed by atoms with Crippen molar-refractivity contribution in [1.29, 1.82) is 0 Å². The van der Waals surface area contributed by atoms with Crippen molar-refractivity contribution in [3.63, 3.8) is 0 Å². The van der Waals surface area contributed by atoms with Gasteiger partial charge in [-0.3, -0.25) is 0 Å². The lowest BCUT2D eigenvalue weighted by Crippen LogP contribution is -2.41. The third-order valence-corrected chi connectivity index (χ3v) is 5.98. The van der Waals surface area contributed by atoms with Crippen molar-refractivity contribution < 1.29 is 28.1 Å². The van der Waals surface area contributed by atoms with Crippen LogP contribution in [-0.4, -0.2) is 39.4 Å². The Labute approximate surface area is 217 Å². The highest BCUT2D eigenvalue weighted by Crippen LogP contribution is 2.30. The van der Waals surface area contributed by atoms with Gasteiger partial charge in [-0.25, -0.2) is 9.18 Å². The summed E-state index contributed by atoms with van der Waals surface area (Å²) in [5, 5.41) is 2.98. The van der Waals surface area contributed by atoms with Crippen LogP contribution >= 0.6 is 0 Å². The molecule has 0 aliphatic rings. The van der Waals surface area contributed by atoms with E-state index in [1.165, 1.54) is 6.07 Å². The summed E-state index contributed by atoms with van der Waals surface area (Å²) >= 11 is 0. The number of carbonyl (C=O) groups excluding carboxylic acids is 1. The van der Waals surface area contributed by atoms with Gasteiger partial charge in [-0.15, -0.1) is 6.58 Å². The van der Waals surface area contributed by atoms with E-state index in [4.69, 9.17) is 18.9 Å². The first-order valence-corrected chi connectivity index (χ1v) is 11.8. The Bertz CT molecular complexity index is 1160. The van der Waals surface area contributed by atoms with Gasteiger partial charge in [0.15, 0.2) is 0 Å². The molecule has 1 N–H and O–H groups in total. The Balaban J connectivity index is 1.97. The van der Waals surface area contributed by atoms with E-state index in [1.807, 2.05) is 24.3 Å². The summed E-state index contributed by atoms with van der Waals surface area (Å²) in [6, 6.07) is 16.2. The fourth-order valence-corrected chi connectivity index (χ4v) is 4.00. The van der Waals surface area contributed by atoms with Crippen LogP contribution in [0.2, 0.25) is 0 Å². The number of ether oxygens (including phenoxy) is 4. The summed E-state index contributed by atoms with van der Waals surface area (Å²) in [6.07, 6.45) is 2.01. The molecule has 0 fully saturated rings. The zero-order valence-corrected chi connectivity index (χ0v) is 21.6. The summed E-state index contributed by atoms with van der Waals surface area (Å²) in [7, 11) is 6.28. The molecule has 0 bridgehead atoms. The van der Waals surface area contributed by atoms with Gasteiger partial charge in [0, 0.05) is 28.8 Å². The van der Waals surface area contributed by atoms with E-state index < -0.39 is 11.9 Å². The second-order valence-electron chi connectivity index (χ2n) is 8.26. The summed E-state index contributed by atoms with van der Waals surface area (Å²) in [5.74, 6) is 2.04. The van der Waals surface area contributed by atoms with Crippen LogP contribution in [0.1, 0.15) is 29.2 Å². The first kappa shape index (κ1) is 27.4. The monoisotopic (exact) mass is 508 g/mol. The molecular weight excluding hydrogens is 475 g/mol. The molecule has 1 unspecified atom stereocenters. The zero-order chi connectivity index (χ0) is 26.8. The normalized spacial score (nSPS) is 11.3. The van der Waals surface area contributed by atoms with Crippen LogP contribution in [0.4, 0.5) is 9.18 Å².